The lowest BCUT2D eigenvalue weighted by atomic mass is 10.1. The number of hydrogen-bond donors (Lipinski definition) is 0. The summed E-state index contributed by atoms with van der Waals surface area (Å²) >= 11 is 0. The van der Waals surface area contributed by atoms with Gasteiger partial charge in [-0.2, -0.15) is 0 Å². The number of hydrogen-bond acceptors (Lipinski definition) is 8. The van der Waals surface area contributed by atoms with Crippen LogP contribution in [0, 0.1) is 0 Å². The van der Waals surface area contributed by atoms with Gasteiger partial charge in [-0.15, -0.1) is 0 Å². The van der Waals surface area contributed by atoms with Gasteiger partial charge in [0.2, 0.25) is 0 Å². The molecule has 0 amide bonds. The Morgan fingerprint density at radius 1 is 0.767 bits per heavy atom. The van der Waals surface area contributed by atoms with Gasteiger partial charge in [-0.1, -0.05) is 64.7 Å². The first-order chi connectivity index (χ1) is 14.3. The van der Waals surface area contributed by atoms with Crippen LogP contribution in [0.2, 0.25) is 0 Å². The fraction of sp³-hybridized carbons (Fsp3) is 0.905. The smallest absolute Gasteiger partial charge is 0.307 e. The Balaban J connectivity index is 3.42. The topological polar surface area (TPSA) is 119 Å². The monoisotopic (exact) mass is 451 g/mol. The largest absolute Gasteiger partial charge is 0.747 e. The summed E-state index contributed by atoms with van der Waals surface area (Å²) in [5, 5.41) is -1.90. The van der Waals surface area contributed by atoms with Crippen molar-refractivity contribution in [3.8, 4) is 0 Å². The highest BCUT2D eigenvalue weighted by Crippen LogP contribution is 2.10. The summed E-state index contributed by atoms with van der Waals surface area (Å²) < 4.78 is 48.3. The second-order valence-corrected chi connectivity index (χ2v) is 8.98. The molecule has 0 aromatic carbocycles. The van der Waals surface area contributed by atoms with E-state index in [0.717, 1.165) is 13.3 Å². The van der Waals surface area contributed by atoms with Crippen molar-refractivity contribution in [3.05, 3.63) is 0 Å². The quantitative estimate of drug-likeness (QED) is 0.148. The summed E-state index contributed by atoms with van der Waals surface area (Å²) in [5.41, 5.74) is 0. The normalized spacial score (nSPS) is 12.6. The van der Waals surface area contributed by atoms with Crippen molar-refractivity contribution in [1.29, 1.82) is 0 Å². The van der Waals surface area contributed by atoms with Crippen molar-refractivity contribution in [2.45, 2.75) is 89.7 Å². The molecule has 0 N–H and O–H groups in total. The van der Waals surface area contributed by atoms with Crippen LogP contribution in [-0.2, 0) is 33.9 Å². The molecule has 8 nitrogen and oxygen atoms in total. The van der Waals surface area contributed by atoms with Crippen LogP contribution in [0.5, 0.6) is 0 Å². The molecule has 0 aliphatic carbocycles. The van der Waals surface area contributed by atoms with E-state index in [0.29, 0.717) is 19.8 Å². The Hall–Kier alpha value is -1.03. The maximum absolute atomic E-state index is 11.5. The predicted octanol–water partition coefficient (Wildman–Crippen LogP) is 3.38. The molecule has 0 rings (SSSR count). The first-order valence-electron chi connectivity index (χ1n) is 11.0. The van der Waals surface area contributed by atoms with Crippen molar-refractivity contribution >= 4 is 21.9 Å². The van der Waals surface area contributed by atoms with Gasteiger partial charge in [0, 0.05) is 6.61 Å². The number of unbranched alkanes of at least 4 members (excludes halogenated alkanes) is 9. The molecule has 1 atom stereocenters. The lowest BCUT2D eigenvalue weighted by Gasteiger charge is -2.16. The van der Waals surface area contributed by atoms with Crippen molar-refractivity contribution in [1.82, 2.24) is 0 Å². The standard InChI is InChI=1S/C21H40O8S/c1-3-4-5-6-7-8-9-10-11-12-13-27-14-15-28-16-17-29-21(23)18-20(19(2)22)30(24,25)26/h20H,3-18H2,1-2H3,(H,24,25,26)/p-1. The summed E-state index contributed by atoms with van der Waals surface area (Å²) in [6.45, 7) is 4.74. The highest BCUT2D eigenvalue weighted by Gasteiger charge is 2.25. The van der Waals surface area contributed by atoms with E-state index in [2.05, 4.69) is 6.92 Å². The van der Waals surface area contributed by atoms with Gasteiger partial charge < -0.3 is 18.8 Å². The molecule has 178 valence electrons. The van der Waals surface area contributed by atoms with E-state index >= 15 is 0 Å². The van der Waals surface area contributed by atoms with Crippen molar-refractivity contribution < 1.29 is 36.8 Å². The Kier molecular flexibility index (Phi) is 18.1. The van der Waals surface area contributed by atoms with E-state index in [9.17, 15) is 22.6 Å². The molecule has 0 heterocycles. The molecular formula is C21H39O8S-. The minimum absolute atomic E-state index is 0.0825. The van der Waals surface area contributed by atoms with Crippen LogP contribution in [0.3, 0.4) is 0 Å². The summed E-state index contributed by atoms with van der Waals surface area (Å²) in [7, 11) is -4.87. The first kappa shape index (κ1) is 29.0. The maximum Gasteiger partial charge on any atom is 0.307 e. The molecule has 0 radical (unpaired) electrons. The molecule has 0 fully saturated rings. The molecule has 0 saturated carbocycles. The van der Waals surface area contributed by atoms with E-state index in [1.54, 1.807) is 0 Å². The number of esters is 1. The summed E-state index contributed by atoms with van der Waals surface area (Å²) in [6.07, 6.45) is 12.0. The minimum atomic E-state index is -4.87. The maximum atomic E-state index is 11.5. The molecule has 0 aliphatic rings. The van der Waals surface area contributed by atoms with Gasteiger partial charge in [0.05, 0.1) is 26.2 Å². The number of ether oxygens (including phenoxy) is 3. The third-order valence-electron chi connectivity index (χ3n) is 4.66. The molecule has 0 aromatic heterocycles. The van der Waals surface area contributed by atoms with E-state index in [-0.39, 0.29) is 13.2 Å². The highest BCUT2D eigenvalue weighted by molar-refractivity contribution is 7.87. The third kappa shape index (κ3) is 17.8. The van der Waals surface area contributed by atoms with Crippen molar-refractivity contribution in [2.75, 3.05) is 33.0 Å². The summed E-state index contributed by atoms with van der Waals surface area (Å²) in [6, 6.07) is 0. The lowest BCUT2D eigenvalue weighted by Crippen LogP contribution is -2.31. The van der Waals surface area contributed by atoms with E-state index < -0.39 is 33.5 Å². The SMILES string of the molecule is CCCCCCCCCCCCOCCOCCOC(=O)CC(C(C)=O)S(=O)(=O)[O-]. The Bertz CT molecular complexity index is 547. The molecule has 1 unspecified atom stereocenters. The Morgan fingerprint density at radius 3 is 1.73 bits per heavy atom. The molecular weight excluding hydrogens is 412 g/mol. The van der Waals surface area contributed by atoms with Crippen LogP contribution in [0.15, 0.2) is 0 Å². The van der Waals surface area contributed by atoms with Crippen LogP contribution in [0.4, 0.5) is 0 Å². The second-order valence-electron chi connectivity index (χ2n) is 7.42. The van der Waals surface area contributed by atoms with Gasteiger partial charge in [0.15, 0.2) is 0 Å². The van der Waals surface area contributed by atoms with Crippen LogP contribution in [0.25, 0.3) is 0 Å². The fourth-order valence-corrected chi connectivity index (χ4v) is 3.63. The third-order valence-corrected chi connectivity index (χ3v) is 5.85. The van der Waals surface area contributed by atoms with E-state index in [1.165, 1.54) is 57.8 Å². The molecule has 9 heteroatoms. The molecule has 0 spiro atoms. The lowest BCUT2D eigenvalue weighted by molar-refractivity contribution is -0.146. The second kappa shape index (κ2) is 18.7. The van der Waals surface area contributed by atoms with E-state index in [1.807, 2.05) is 0 Å². The van der Waals surface area contributed by atoms with Gasteiger partial charge in [0.25, 0.3) is 0 Å². The first-order valence-corrected chi connectivity index (χ1v) is 12.5. The number of carbonyl (C=O) groups is 2. The molecule has 0 aromatic rings. The average molecular weight is 452 g/mol. The average Bonchev–Trinajstić information content (AvgIpc) is 2.67. The predicted molar refractivity (Wildman–Crippen MR) is 113 cm³/mol. The molecule has 30 heavy (non-hydrogen) atoms. The van der Waals surface area contributed by atoms with Crippen molar-refractivity contribution in [3.63, 3.8) is 0 Å². The molecule has 0 saturated heterocycles. The van der Waals surface area contributed by atoms with Gasteiger partial charge in [0.1, 0.15) is 27.8 Å². The zero-order valence-corrected chi connectivity index (χ0v) is 19.4. The Morgan fingerprint density at radius 2 is 1.23 bits per heavy atom. The summed E-state index contributed by atoms with van der Waals surface area (Å²) in [4.78, 5) is 22.6. The number of ketones is 1. The highest BCUT2D eigenvalue weighted by atomic mass is 32.2. The van der Waals surface area contributed by atoms with Crippen LogP contribution >= 0.6 is 0 Å². The van der Waals surface area contributed by atoms with Gasteiger partial charge >= 0.3 is 5.97 Å². The van der Waals surface area contributed by atoms with Gasteiger partial charge in [-0.3, -0.25) is 9.59 Å². The zero-order valence-electron chi connectivity index (χ0n) is 18.6. The zero-order chi connectivity index (χ0) is 22.7. The number of carbonyl (C=O) groups excluding carboxylic acids is 2. The van der Waals surface area contributed by atoms with Crippen LogP contribution < -0.4 is 0 Å². The molecule has 0 aliphatic heterocycles. The number of rotatable bonds is 21. The van der Waals surface area contributed by atoms with Gasteiger partial charge in [-0.25, -0.2) is 8.42 Å². The minimum Gasteiger partial charge on any atom is -0.747 e. The summed E-state index contributed by atoms with van der Waals surface area (Å²) in [5.74, 6) is -1.80. The van der Waals surface area contributed by atoms with Crippen LogP contribution in [-0.4, -0.2) is 63.0 Å². The van der Waals surface area contributed by atoms with E-state index in [4.69, 9.17) is 14.2 Å². The van der Waals surface area contributed by atoms with Crippen molar-refractivity contribution in [2.24, 2.45) is 0 Å². The Labute approximate surface area is 181 Å². The van der Waals surface area contributed by atoms with Crippen LogP contribution in [0.1, 0.15) is 84.5 Å². The van der Waals surface area contributed by atoms with Gasteiger partial charge in [-0.05, 0) is 13.3 Å². The fourth-order valence-electron chi connectivity index (χ4n) is 2.89. The number of Topliss-reactive ketones (excluding diaryl/α,β-unsaturated/α-hetero) is 1. The molecule has 0 bridgehead atoms.